The highest BCUT2D eigenvalue weighted by atomic mass is 16.2. The SMILES string of the molecule is O=C1c2cccc3c(N4CCCCC4)ccc(c23)C(=O)N1c1ccc2c(c1)c1cc(N3C(=O)c4cccc5c(N6CCCCC6)ccc(c45)C3=O)ccc1n2Cc1ccccc1. The standard InChI is InChI=1S/C53H43N5O4/c59-50-38-16-10-14-36-44(54-26-6-2-7-27-54)24-20-40(48(36)38)52(61)57(50)34-18-22-46-42(30-34)43-31-35(19-23-47(43)56(46)32-33-12-4-1-5-13-33)58-51(60)39-17-11-15-37-45(55-28-8-3-9-29-55)25-21-41(49(37)39)53(58)62/h1,4-5,10-25,30-31H,2-3,6-9,26-29,32H2. The van der Waals surface area contributed by atoms with Gasteiger partial charge in [-0.05, 0) is 117 Å². The number of nitrogens with zero attached hydrogens (tertiary/aromatic N) is 5. The Morgan fingerprint density at radius 2 is 0.823 bits per heavy atom. The third-order valence-corrected chi connectivity index (χ3v) is 13.7. The van der Waals surface area contributed by atoms with Gasteiger partial charge in [0.1, 0.15) is 0 Å². The molecule has 4 amide bonds. The molecule has 0 unspecified atom stereocenters. The molecule has 4 aliphatic rings. The fourth-order valence-electron chi connectivity index (χ4n) is 10.7. The minimum atomic E-state index is -0.363. The molecule has 4 aliphatic heterocycles. The van der Waals surface area contributed by atoms with Crippen LogP contribution in [0.4, 0.5) is 22.7 Å². The van der Waals surface area contributed by atoms with E-state index in [1.807, 2.05) is 115 Å². The highest BCUT2D eigenvalue weighted by molar-refractivity contribution is 6.38. The van der Waals surface area contributed by atoms with Gasteiger partial charge in [0.25, 0.3) is 23.6 Å². The van der Waals surface area contributed by atoms with E-state index in [1.54, 1.807) is 0 Å². The number of hydrogen-bond donors (Lipinski definition) is 0. The van der Waals surface area contributed by atoms with Gasteiger partial charge in [0.15, 0.2) is 0 Å². The van der Waals surface area contributed by atoms with Crippen molar-refractivity contribution in [2.24, 2.45) is 0 Å². The first kappa shape index (κ1) is 36.6. The maximum Gasteiger partial charge on any atom is 0.265 e. The molecule has 2 fully saturated rings. The Balaban J connectivity index is 0.979. The van der Waals surface area contributed by atoms with Gasteiger partial charge in [0, 0.05) is 110 Å². The van der Waals surface area contributed by atoms with Crippen molar-refractivity contribution in [1.82, 2.24) is 4.57 Å². The number of hydrogen-bond acceptors (Lipinski definition) is 6. The zero-order chi connectivity index (χ0) is 41.6. The number of aromatic nitrogens is 1. The Labute approximate surface area is 358 Å². The van der Waals surface area contributed by atoms with Crippen molar-refractivity contribution in [1.29, 1.82) is 0 Å². The van der Waals surface area contributed by atoms with Crippen molar-refractivity contribution in [2.45, 2.75) is 45.1 Å². The minimum absolute atomic E-state index is 0.363. The first-order valence-corrected chi connectivity index (χ1v) is 21.9. The minimum Gasteiger partial charge on any atom is -0.371 e. The number of imide groups is 2. The van der Waals surface area contributed by atoms with Crippen LogP contribution in [0.15, 0.2) is 127 Å². The molecule has 0 bridgehead atoms. The molecule has 62 heavy (non-hydrogen) atoms. The summed E-state index contributed by atoms with van der Waals surface area (Å²) in [5, 5.41) is 4.87. The lowest BCUT2D eigenvalue weighted by molar-refractivity contribution is 0.0877. The summed E-state index contributed by atoms with van der Waals surface area (Å²) in [6.45, 7) is 4.38. The lowest BCUT2D eigenvalue weighted by Gasteiger charge is -2.32. The number of carbonyl (C=O) groups excluding carboxylic acids is 4. The molecular formula is C53H43N5O4. The van der Waals surface area contributed by atoms with Crippen molar-refractivity contribution in [3.8, 4) is 0 Å². The topological polar surface area (TPSA) is 86.2 Å². The predicted molar refractivity (Wildman–Crippen MR) is 247 cm³/mol. The molecular weight excluding hydrogens is 771 g/mol. The van der Waals surface area contributed by atoms with Gasteiger partial charge in [-0.1, -0.05) is 54.6 Å². The molecule has 9 nitrogen and oxygen atoms in total. The van der Waals surface area contributed by atoms with Crippen molar-refractivity contribution in [2.75, 3.05) is 45.8 Å². The van der Waals surface area contributed by atoms with Crippen LogP contribution in [0, 0.1) is 0 Å². The zero-order valence-corrected chi connectivity index (χ0v) is 34.3. The van der Waals surface area contributed by atoms with Crippen LogP contribution in [0.1, 0.15) is 85.5 Å². The third-order valence-electron chi connectivity index (χ3n) is 13.7. The van der Waals surface area contributed by atoms with E-state index in [0.29, 0.717) is 50.9 Å². The van der Waals surface area contributed by atoms with Gasteiger partial charge >= 0.3 is 0 Å². The van der Waals surface area contributed by atoms with Gasteiger partial charge < -0.3 is 14.4 Å². The molecule has 0 radical (unpaired) electrons. The van der Waals surface area contributed by atoms with E-state index in [-0.39, 0.29) is 23.6 Å². The van der Waals surface area contributed by atoms with E-state index in [1.165, 1.54) is 22.6 Å². The van der Waals surface area contributed by atoms with E-state index < -0.39 is 0 Å². The second-order valence-corrected chi connectivity index (χ2v) is 17.2. The lowest BCUT2D eigenvalue weighted by Crippen LogP contribution is -2.40. The molecule has 304 valence electrons. The largest absolute Gasteiger partial charge is 0.371 e. The van der Waals surface area contributed by atoms with Crippen LogP contribution in [-0.4, -0.2) is 54.4 Å². The maximum absolute atomic E-state index is 14.6. The quantitative estimate of drug-likeness (QED) is 0.155. The van der Waals surface area contributed by atoms with Gasteiger partial charge in [-0.25, -0.2) is 9.80 Å². The molecule has 2 saturated heterocycles. The molecule has 0 atom stereocenters. The van der Waals surface area contributed by atoms with E-state index in [4.69, 9.17) is 0 Å². The lowest BCUT2D eigenvalue weighted by atomic mass is 9.91. The molecule has 0 saturated carbocycles. The van der Waals surface area contributed by atoms with Crippen molar-refractivity contribution < 1.29 is 19.2 Å². The average molecular weight is 814 g/mol. The van der Waals surface area contributed by atoms with Crippen LogP contribution >= 0.6 is 0 Å². The van der Waals surface area contributed by atoms with Crippen LogP contribution < -0.4 is 19.6 Å². The average Bonchev–Trinajstić information content (AvgIpc) is 3.62. The van der Waals surface area contributed by atoms with Crippen molar-refractivity contribution in [3.05, 3.63) is 155 Å². The van der Waals surface area contributed by atoms with Gasteiger partial charge in [0.05, 0.1) is 11.4 Å². The van der Waals surface area contributed by atoms with Crippen LogP contribution in [-0.2, 0) is 6.54 Å². The smallest absolute Gasteiger partial charge is 0.265 e. The second kappa shape index (κ2) is 14.2. The summed E-state index contributed by atoms with van der Waals surface area (Å²) < 4.78 is 2.21. The fourth-order valence-corrected chi connectivity index (χ4v) is 10.7. The van der Waals surface area contributed by atoms with E-state index in [0.717, 1.165) is 101 Å². The maximum atomic E-state index is 14.6. The molecule has 12 rings (SSSR count). The Kier molecular flexibility index (Phi) is 8.36. The molecule has 8 aromatic rings. The highest BCUT2D eigenvalue weighted by Crippen LogP contribution is 2.43. The van der Waals surface area contributed by atoms with E-state index in [9.17, 15) is 19.2 Å². The second-order valence-electron chi connectivity index (χ2n) is 17.2. The third kappa shape index (κ3) is 5.46. The molecule has 7 aromatic carbocycles. The van der Waals surface area contributed by atoms with Crippen LogP contribution in [0.2, 0.25) is 0 Å². The molecule has 9 heteroatoms. The number of carbonyl (C=O) groups is 4. The molecule has 1 aromatic heterocycles. The van der Waals surface area contributed by atoms with E-state index in [2.05, 4.69) is 26.5 Å². The van der Waals surface area contributed by atoms with Gasteiger partial charge in [0.2, 0.25) is 0 Å². The molecule has 0 spiro atoms. The predicted octanol–water partition coefficient (Wildman–Crippen LogP) is 10.7. The Hall–Kier alpha value is -7.26. The molecule has 0 aliphatic carbocycles. The van der Waals surface area contributed by atoms with Crippen LogP contribution in [0.3, 0.4) is 0 Å². The number of rotatable bonds is 6. The normalized spacial score (nSPS) is 16.8. The number of fused-ring (bicyclic) bond motifs is 3. The van der Waals surface area contributed by atoms with E-state index >= 15 is 0 Å². The van der Waals surface area contributed by atoms with Gasteiger partial charge in [-0.15, -0.1) is 0 Å². The molecule has 0 N–H and O–H groups in total. The summed E-state index contributed by atoms with van der Waals surface area (Å²) in [5.41, 5.74) is 7.95. The number of piperidine rings is 2. The summed E-state index contributed by atoms with van der Waals surface area (Å²) in [7, 11) is 0. The summed E-state index contributed by atoms with van der Waals surface area (Å²) in [6.07, 6.45) is 6.90. The fraction of sp³-hybridized carbons (Fsp3) is 0.208. The van der Waals surface area contributed by atoms with Crippen LogP contribution in [0.25, 0.3) is 43.4 Å². The summed E-state index contributed by atoms with van der Waals surface area (Å²) in [6, 6.07) is 41.0. The summed E-state index contributed by atoms with van der Waals surface area (Å²) in [4.78, 5) is 65.6. The monoisotopic (exact) mass is 813 g/mol. The first-order valence-electron chi connectivity index (χ1n) is 21.9. The zero-order valence-electron chi connectivity index (χ0n) is 34.3. The van der Waals surface area contributed by atoms with Crippen LogP contribution in [0.5, 0.6) is 0 Å². The molecule has 5 heterocycles. The Morgan fingerprint density at radius 3 is 1.27 bits per heavy atom. The van der Waals surface area contributed by atoms with Gasteiger partial charge in [-0.2, -0.15) is 0 Å². The first-order chi connectivity index (χ1) is 30.4. The summed E-state index contributed by atoms with van der Waals surface area (Å²) >= 11 is 0. The number of benzene rings is 7. The van der Waals surface area contributed by atoms with Crippen molar-refractivity contribution in [3.63, 3.8) is 0 Å². The highest BCUT2D eigenvalue weighted by Gasteiger charge is 2.37. The number of anilines is 4. The Bertz CT molecular complexity index is 2990. The Morgan fingerprint density at radius 1 is 0.387 bits per heavy atom. The van der Waals surface area contributed by atoms with Gasteiger partial charge in [-0.3, -0.25) is 19.2 Å². The van der Waals surface area contributed by atoms with Crippen molar-refractivity contribution >= 4 is 89.7 Å². The summed E-state index contributed by atoms with van der Waals surface area (Å²) in [5.74, 6) is -1.45. The number of amides is 4.